The van der Waals surface area contributed by atoms with E-state index in [1.165, 1.54) is 13.0 Å². The quantitative estimate of drug-likeness (QED) is 0.604. The van der Waals surface area contributed by atoms with Gasteiger partial charge in [0.1, 0.15) is 12.4 Å². The second kappa shape index (κ2) is 16.8. The highest BCUT2D eigenvalue weighted by Crippen LogP contribution is 1.88. The Balaban J connectivity index is 0. The minimum atomic E-state index is -0.264. The first-order valence-corrected chi connectivity index (χ1v) is 6.39. The van der Waals surface area contributed by atoms with Crippen LogP contribution in [0.3, 0.4) is 0 Å². The van der Waals surface area contributed by atoms with Crippen molar-refractivity contribution in [2.75, 3.05) is 6.61 Å². The Morgan fingerprint density at radius 2 is 1.40 bits per heavy atom. The fourth-order valence-corrected chi connectivity index (χ4v) is 0.867. The largest absolute Gasteiger partial charge is 0.462 e. The molecule has 0 atom stereocenters. The van der Waals surface area contributed by atoms with E-state index >= 15 is 0 Å². The molecule has 0 saturated heterocycles. The fourth-order valence-electron chi connectivity index (χ4n) is 0.867. The number of rotatable bonds is 5. The molecule has 110 valence electrons. The molecular formula is C17H24O3. The van der Waals surface area contributed by atoms with Gasteiger partial charge in [-0.3, -0.25) is 4.79 Å². The van der Waals surface area contributed by atoms with Crippen molar-refractivity contribution < 1.29 is 14.3 Å². The molecule has 3 heteroatoms. The number of allylic oxidation sites excluding steroid dienone is 1. The summed E-state index contributed by atoms with van der Waals surface area (Å²) in [5, 5.41) is 0. The number of carbonyl (C=O) groups excluding carboxylic acids is 2. The highest BCUT2D eigenvalue weighted by Gasteiger charge is 1.85. The van der Waals surface area contributed by atoms with Gasteiger partial charge in [-0.15, -0.1) is 6.58 Å². The molecule has 0 fully saturated rings. The van der Waals surface area contributed by atoms with E-state index in [4.69, 9.17) is 0 Å². The third-order valence-corrected chi connectivity index (χ3v) is 1.77. The number of benzene rings is 1. The Labute approximate surface area is 122 Å². The van der Waals surface area contributed by atoms with E-state index < -0.39 is 0 Å². The summed E-state index contributed by atoms with van der Waals surface area (Å²) in [5.41, 5.74) is 0. The third kappa shape index (κ3) is 24.9. The number of Topliss-reactive ketones (excluding diaryl/α,β-unsaturated/α-hetero) is 1. The van der Waals surface area contributed by atoms with Gasteiger partial charge in [0.15, 0.2) is 0 Å². The molecule has 1 aromatic rings. The molecule has 0 N–H and O–H groups in total. The van der Waals surface area contributed by atoms with Crippen molar-refractivity contribution in [2.24, 2.45) is 0 Å². The maximum Gasteiger partial charge on any atom is 0.302 e. The molecular weight excluding hydrogens is 252 g/mol. The number of hydrogen-bond acceptors (Lipinski definition) is 3. The van der Waals surface area contributed by atoms with Crippen molar-refractivity contribution in [3.05, 3.63) is 61.7 Å². The van der Waals surface area contributed by atoms with Crippen LogP contribution in [-0.4, -0.2) is 18.4 Å². The van der Waals surface area contributed by atoms with Crippen LogP contribution in [0, 0.1) is 0 Å². The van der Waals surface area contributed by atoms with E-state index in [0.29, 0.717) is 13.0 Å². The summed E-state index contributed by atoms with van der Waals surface area (Å²) in [6.07, 6.45) is 4.74. The second-order valence-corrected chi connectivity index (χ2v) is 3.78. The van der Waals surface area contributed by atoms with Crippen LogP contribution in [0.2, 0.25) is 0 Å². The van der Waals surface area contributed by atoms with E-state index in [9.17, 15) is 9.59 Å². The predicted octanol–water partition coefficient (Wildman–Crippen LogP) is 3.96. The van der Waals surface area contributed by atoms with Gasteiger partial charge in [-0.2, -0.15) is 0 Å². The first kappa shape index (κ1) is 20.2. The van der Waals surface area contributed by atoms with Crippen molar-refractivity contribution in [1.29, 1.82) is 0 Å². The molecule has 0 radical (unpaired) electrons. The van der Waals surface area contributed by atoms with Crippen LogP contribution in [0.5, 0.6) is 0 Å². The van der Waals surface area contributed by atoms with E-state index in [2.05, 4.69) is 17.9 Å². The summed E-state index contributed by atoms with van der Waals surface area (Å²) >= 11 is 0. The molecule has 0 aliphatic rings. The first-order chi connectivity index (χ1) is 9.54. The lowest BCUT2D eigenvalue weighted by molar-refractivity contribution is -0.139. The van der Waals surface area contributed by atoms with Crippen LogP contribution in [0.15, 0.2) is 61.7 Å². The van der Waals surface area contributed by atoms with Gasteiger partial charge < -0.3 is 9.53 Å². The average molecular weight is 276 g/mol. The molecule has 0 amide bonds. The maximum absolute atomic E-state index is 10.2. The molecule has 0 aliphatic carbocycles. The molecule has 0 bridgehead atoms. The predicted molar refractivity (Wildman–Crippen MR) is 83.4 cm³/mol. The minimum absolute atomic E-state index is 0.236. The fraction of sp³-hybridized carbons (Fsp3) is 0.294. The van der Waals surface area contributed by atoms with Gasteiger partial charge in [0.2, 0.25) is 0 Å². The summed E-state index contributed by atoms with van der Waals surface area (Å²) in [5.74, 6) is -0.0280. The Morgan fingerprint density at radius 1 is 0.950 bits per heavy atom. The molecule has 0 spiro atoms. The molecule has 3 nitrogen and oxygen atoms in total. The topological polar surface area (TPSA) is 43.4 Å². The molecule has 0 aromatic heterocycles. The van der Waals surface area contributed by atoms with Gasteiger partial charge in [-0.05, 0) is 13.3 Å². The number of ether oxygens (including phenoxy) is 1. The molecule has 0 heterocycles. The Hall–Kier alpha value is -2.16. The van der Waals surface area contributed by atoms with Crippen molar-refractivity contribution in [1.82, 2.24) is 0 Å². The SMILES string of the molecule is C=CCCC(C)=O.C=CCOC(C)=O.c1ccccc1. The normalized spacial score (nSPS) is 7.90. The Kier molecular flexibility index (Phi) is 17.0. The zero-order chi connectivity index (χ0) is 15.6. The maximum atomic E-state index is 10.2. The molecule has 0 unspecified atom stereocenters. The van der Waals surface area contributed by atoms with Crippen molar-refractivity contribution in [3.63, 3.8) is 0 Å². The number of ketones is 1. The van der Waals surface area contributed by atoms with E-state index in [1.54, 1.807) is 13.0 Å². The highest BCUT2D eigenvalue weighted by atomic mass is 16.5. The van der Waals surface area contributed by atoms with E-state index in [-0.39, 0.29) is 11.8 Å². The number of carbonyl (C=O) groups is 2. The Bertz CT molecular complexity index is 320. The van der Waals surface area contributed by atoms with Crippen LogP contribution >= 0.6 is 0 Å². The van der Waals surface area contributed by atoms with Gasteiger partial charge in [0, 0.05) is 13.3 Å². The van der Waals surface area contributed by atoms with Crippen LogP contribution in [0.25, 0.3) is 0 Å². The van der Waals surface area contributed by atoms with Crippen molar-refractivity contribution >= 4 is 11.8 Å². The van der Waals surface area contributed by atoms with Gasteiger partial charge in [-0.1, -0.05) is 55.1 Å². The lowest BCUT2D eigenvalue weighted by Crippen LogP contribution is -1.96. The lowest BCUT2D eigenvalue weighted by Gasteiger charge is -1.90. The number of hydrogen-bond donors (Lipinski definition) is 0. The van der Waals surface area contributed by atoms with Crippen molar-refractivity contribution in [3.8, 4) is 0 Å². The molecule has 1 rings (SSSR count). The molecule has 0 aliphatic heterocycles. The molecule has 20 heavy (non-hydrogen) atoms. The molecule has 0 saturated carbocycles. The second-order valence-electron chi connectivity index (χ2n) is 3.78. The van der Waals surface area contributed by atoms with Gasteiger partial charge in [0.25, 0.3) is 0 Å². The monoisotopic (exact) mass is 276 g/mol. The molecule has 1 aromatic carbocycles. The number of esters is 1. The van der Waals surface area contributed by atoms with Crippen LogP contribution in [-0.2, 0) is 14.3 Å². The van der Waals surface area contributed by atoms with Gasteiger partial charge in [-0.25, -0.2) is 0 Å². The summed E-state index contributed by atoms with van der Waals surface area (Å²) in [6.45, 7) is 10.1. The van der Waals surface area contributed by atoms with E-state index in [1.807, 2.05) is 36.4 Å². The van der Waals surface area contributed by atoms with Crippen molar-refractivity contribution in [2.45, 2.75) is 26.7 Å². The van der Waals surface area contributed by atoms with E-state index in [0.717, 1.165) is 6.42 Å². The zero-order valence-corrected chi connectivity index (χ0v) is 12.4. The summed E-state index contributed by atoms with van der Waals surface area (Å²) < 4.78 is 4.43. The van der Waals surface area contributed by atoms with Crippen LogP contribution in [0.1, 0.15) is 26.7 Å². The van der Waals surface area contributed by atoms with Crippen LogP contribution < -0.4 is 0 Å². The first-order valence-electron chi connectivity index (χ1n) is 6.39. The summed E-state index contributed by atoms with van der Waals surface area (Å²) in [7, 11) is 0. The third-order valence-electron chi connectivity index (χ3n) is 1.77. The zero-order valence-electron chi connectivity index (χ0n) is 12.4. The van der Waals surface area contributed by atoms with Gasteiger partial charge >= 0.3 is 5.97 Å². The summed E-state index contributed by atoms with van der Waals surface area (Å²) in [4.78, 5) is 20.1. The standard InChI is InChI=1S/C6H10O.C6H6.C5H8O2/c1-3-4-5-6(2)7;1-2-4-6-5-3-1;1-3-4-7-5(2)6/h3H,1,4-5H2,2H3;1-6H;3H,1,4H2,2H3. The Morgan fingerprint density at radius 3 is 1.55 bits per heavy atom. The highest BCUT2D eigenvalue weighted by molar-refractivity contribution is 5.75. The van der Waals surface area contributed by atoms with Crippen LogP contribution in [0.4, 0.5) is 0 Å². The average Bonchev–Trinajstić information content (AvgIpc) is 2.46. The summed E-state index contributed by atoms with van der Waals surface area (Å²) in [6, 6.07) is 12.0. The van der Waals surface area contributed by atoms with Gasteiger partial charge in [0.05, 0.1) is 0 Å². The lowest BCUT2D eigenvalue weighted by atomic mass is 10.2. The smallest absolute Gasteiger partial charge is 0.302 e. The minimum Gasteiger partial charge on any atom is -0.462 e.